The van der Waals surface area contributed by atoms with Gasteiger partial charge in [-0.1, -0.05) is 29.8 Å². The zero-order chi connectivity index (χ0) is 19.0. The summed E-state index contributed by atoms with van der Waals surface area (Å²) < 4.78 is 5.07. The molecule has 4 heterocycles. The molecule has 0 spiro atoms. The van der Waals surface area contributed by atoms with E-state index in [0.29, 0.717) is 31.5 Å². The van der Waals surface area contributed by atoms with Gasteiger partial charge in [-0.25, -0.2) is 4.79 Å². The second kappa shape index (κ2) is 5.44. The lowest BCUT2D eigenvalue weighted by Crippen LogP contribution is -2.72. The summed E-state index contributed by atoms with van der Waals surface area (Å²) >= 11 is 0. The molecule has 6 nitrogen and oxygen atoms in total. The number of ether oxygens (including phenoxy) is 1. The number of anilines is 1. The molecule has 4 aliphatic heterocycles. The number of esters is 1. The first kappa shape index (κ1) is 17.0. The van der Waals surface area contributed by atoms with Gasteiger partial charge in [0.15, 0.2) is 5.72 Å². The van der Waals surface area contributed by atoms with E-state index >= 15 is 0 Å². The Labute approximate surface area is 158 Å². The smallest absolute Gasteiger partial charge is 0.335 e. The van der Waals surface area contributed by atoms with Crippen LogP contribution in [0.1, 0.15) is 25.3 Å². The SMILES string of the molecule is C/C=C1/CN2CC[C@]3(O)c4ccccc4N4C=C(C(=O)OC)[C@H]1C[C@H]2[C@@]43O. The zero-order valence-electron chi connectivity index (χ0n) is 15.6. The molecule has 5 rings (SSSR count). The van der Waals surface area contributed by atoms with Gasteiger partial charge in [0.2, 0.25) is 0 Å². The molecule has 142 valence electrons. The lowest BCUT2D eigenvalue weighted by Gasteiger charge is -2.56. The van der Waals surface area contributed by atoms with Crippen LogP contribution in [0.4, 0.5) is 5.69 Å². The Morgan fingerprint density at radius 1 is 1.33 bits per heavy atom. The van der Waals surface area contributed by atoms with E-state index in [1.54, 1.807) is 11.1 Å². The third-order valence-electron chi connectivity index (χ3n) is 6.98. The molecular weight excluding hydrogens is 344 g/mol. The maximum atomic E-state index is 12.6. The highest BCUT2D eigenvalue weighted by Crippen LogP contribution is 2.59. The number of carbonyl (C=O) groups is 1. The number of nitrogens with zero attached hydrogens (tertiary/aromatic N) is 2. The summed E-state index contributed by atoms with van der Waals surface area (Å²) in [6, 6.07) is 7.26. The molecule has 27 heavy (non-hydrogen) atoms. The van der Waals surface area contributed by atoms with Crippen molar-refractivity contribution in [1.29, 1.82) is 0 Å². The topological polar surface area (TPSA) is 73.2 Å². The Bertz CT molecular complexity index is 894. The van der Waals surface area contributed by atoms with Crippen molar-refractivity contribution in [3.8, 4) is 0 Å². The summed E-state index contributed by atoms with van der Waals surface area (Å²) in [5, 5.41) is 23.7. The average molecular weight is 368 g/mol. The number of allylic oxidation sites excluding steroid dienone is 1. The van der Waals surface area contributed by atoms with Crippen LogP contribution in [-0.2, 0) is 15.1 Å². The lowest BCUT2D eigenvalue weighted by atomic mass is 9.70. The van der Waals surface area contributed by atoms with Gasteiger partial charge in [0.25, 0.3) is 0 Å². The van der Waals surface area contributed by atoms with E-state index in [0.717, 1.165) is 16.8 Å². The predicted molar refractivity (Wildman–Crippen MR) is 99.7 cm³/mol. The van der Waals surface area contributed by atoms with Gasteiger partial charge in [-0.2, -0.15) is 0 Å². The van der Waals surface area contributed by atoms with Crippen LogP contribution in [0.2, 0.25) is 0 Å². The highest BCUT2D eigenvalue weighted by molar-refractivity contribution is 5.91. The molecule has 6 heteroatoms. The fraction of sp³-hybridized carbons (Fsp3) is 0.476. The van der Waals surface area contributed by atoms with E-state index in [4.69, 9.17) is 4.74 Å². The molecule has 0 radical (unpaired) electrons. The highest BCUT2D eigenvalue weighted by atomic mass is 16.5. The molecule has 2 N–H and O–H groups in total. The van der Waals surface area contributed by atoms with Crippen molar-refractivity contribution < 1.29 is 19.7 Å². The summed E-state index contributed by atoms with van der Waals surface area (Å²) in [6.45, 7) is 3.37. The summed E-state index contributed by atoms with van der Waals surface area (Å²) in [5.41, 5.74) is 0.286. The fourth-order valence-corrected chi connectivity index (χ4v) is 5.64. The van der Waals surface area contributed by atoms with Crippen molar-refractivity contribution >= 4 is 11.7 Å². The molecule has 4 atom stereocenters. The maximum Gasteiger partial charge on any atom is 0.335 e. The molecule has 2 saturated heterocycles. The number of benzene rings is 1. The van der Waals surface area contributed by atoms with Gasteiger partial charge in [0, 0.05) is 36.5 Å². The largest absolute Gasteiger partial charge is 0.466 e. The minimum Gasteiger partial charge on any atom is -0.466 e. The summed E-state index contributed by atoms with van der Waals surface area (Å²) in [4.78, 5) is 16.6. The molecular formula is C21H24N2O4. The number of methoxy groups -OCH3 is 1. The Hall–Kier alpha value is -2.15. The number of fused-ring (bicyclic) bond motifs is 4. The van der Waals surface area contributed by atoms with Crippen molar-refractivity contribution in [3.63, 3.8) is 0 Å². The monoisotopic (exact) mass is 368 g/mol. The first-order valence-electron chi connectivity index (χ1n) is 9.48. The number of carbonyl (C=O) groups excluding carboxylic acids is 1. The van der Waals surface area contributed by atoms with Crippen LogP contribution in [-0.4, -0.2) is 53.0 Å². The molecule has 1 aromatic carbocycles. The van der Waals surface area contributed by atoms with Crippen LogP contribution < -0.4 is 4.90 Å². The number of hydrogen-bond acceptors (Lipinski definition) is 6. The van der Waals surface area contributed by atoms with Gasteiger partial charge in [0.05, 0.1) is 18.7 Å². The van der Waals surface area contributed by atoms with E-state index in [2.05, 4.69) is 11.0 Å². The first-order chi connectivity index (χ1) is 13.0. The molecule has 2 fully saturated rings. The standard InChI is InChI=1S/C21H24N2O4/c1-3-13-11-22-9-8-20(25)16-6-4-5-7-17(16)23-12-15(19(24)27-2)14(13)10-18(22)21(20,23)26/h3-7,12,14,18,25-26H,8-11H2,1-2H3/b13-3-/t14-,18-,20-,21-/m0/s1. The second-order valence-corrected chi connectivity index (χ2v) is 7.94. The van der Waals surface area contributed by atoms with Crippen LogP contribution in [0.25, 0.3) is 0 Å². The minimum absolute atomic E-state index is 0.118. The predicted octanol–water partition coefficient (Wildman–Crippen LogP) is 1.49. The molecule has 1 aromatic rings. The highest BCUT2D eigenvalue weighted by Gasteiger charge is 2.69. The van der Waals surface area contributed by atoms with Crippen LogP contribution in [0, 0.1) is 5.92 Å². The molecule has 0 saturated carbocycles. The van der Waals surface area contributed by atoms with Crippen molar-refractivity contribution in [2.45, 2.75) is 37.1 Å². The molecule has 0 amide bonds. The second-order valence-electron chi connectivity index (χ2n) is 7.94. The van der Waals surface area contributed by atoms with Crippen LogP contribution in [0.5, 0.6) is 0 Å². The average Bonchev–Trinajstić information content (AvgIpc) is 2.80. The van der Waals surface area contributed by atoms with Crippen molar-refractivity contribution in [3.05, 3.63) is 53.3 Å². The van der Waals surface area contributed by atoms with E-state index in [-0.39, 0.29) is 17.9 Å². The Balaban J connectivity index is 1.80. The van der Waals surface area contributed by atoms with Gasteiger partial charge in [-0.3, -0.25) is 4.90 Å². The summed E-state index contributed by atoms with van der Waals surface area (Å²) in [6.07, 6.45) is 4.79. The van der Waals surface area contributed by atoms with Gasteiger partial charge < -0.3 is 19.8 Å². The fourth-order valence-electron chi connectivity index (χ4n) is 5.64. The van der Waals surface area contributed by atoms with Crippen molar-refractivity contribution in [2.24, 2.45) is 5.92 Å². The van der Waals surface area contributed by atoms with E-state index in [1.807, 2.05) is 31.2 Å². The summed E-state index contributed by atoms with van der Waals surface area (Å²) in [5.74, 6) is -0.504. The van der Waals surface area contributed by atoms with E-state index in [1.165, 1.54) is 7.11 Å². The maximum absolute atomic E-state index is 12.6. The number of aliphatic hydroxyl groups is 2. The third-order valence-corrected chi connectivity index (χ3v) is 6.98. The van der Waals surface area contributed by atoms with Gasteiger partial charge >= 0.3 is 5.97 Å². The number of hydrogen-bond donors (Lipinski definition) is 2. The molecule has 4 aliphatic rings. The van der Waals surface area contributed by atoms with Crippen LogP contribution in [0.3, 0.4) is 0 Å². The molecule has 0 aromatic heterocycles. The summed E-state index contributed by atoms with van der Waals surface area (Å²) in [7, 11) is 1.38. The minimum atomic E-state index is -1.51. The normalized spacial score (nSPS) is 38.3. The number of rotatable bonds is 1. The Morgan fingerprint density at radius 3 is 2.85 bits per heavy atom. The zero-order valence-corrected chi connectivity index (χ0v) is 15.6. The van der Waals surface area contributed by atoms with Crippen molar-refractivity contribution in [1.82, 2.24) is 4.90 Å². The molecule has 0 unspecified atom stereocenters. The van der Waals surface area contributed by atoms with E-state index in [9.17, 15) is 15.0 Å². The quantitative estimate of drug-likeness (QED) is 0.578. The van der Waals surface area contributed by atoms with Gasteiger partial charge in [-0.05, 0) is 25.8 Å². The third kappa shape index (κ3) is 1.88. The number of piperidine rings is 2. The Morgan fingerprint density at radius 2 is 2.11 bits per heavy atom. The van der Waals surface area contributed by atoms with Gasteiger partial charge in [-0.15, -0.1) is 0 Å². The van der Waals surface area contributed by atoms with Crippen LogP contribution >= 0.6 is 0 Å². The first-order valence-corrected chi connectivity index (χ1v) is 9.48. The molecule has 0 aliphatic carbocycles. The van der Waals surface area contributed by atoms with Crippen molar-refractivity contribution in [2.75, 3.05) is 25.1 Å². The Kier molecular flexibility index (Phi) is 3.42. The van der Waals surface area contributed by atoms with E-state index < -0.39 is 11.3 Å². The number of para-hydroxylation sites is 1. The van der Waals surface area contributed by atoms with Gasteiger partial charge in [0.1, 0.15) is 5.60 Å². The van der Waals surface area contributed by atoms with Crippen LogP contribution in [0.15, 0.2) is 47.7 Å². The lowest BCUT2D eigenvalue weighted by molar-refractivity contribution is -0.214. The molecule has 2 bridgehead atoms.